The lowest BCUT2D eigenvalue weighted by molar-refractivity contribution is -0.409. The van der Waals surface area contributed by atoms with E-state index in [9.17, 15) is 4.79 Å². The van der Waals surface area contributed by atoms with Crippen molar-refractivity contribution < 1.29 is 15.3 Å². The molecule has 6 nitrogen and oxygen atoms in total. The molecule has 0 radical (unpaired) electrons. The van der Waals surface area contributed by atoms with E-state index in [2.05, 4.69) is 15.5 Å². The first-order valence-corrected chi connectivity index (χ1v) is 4.04. The van der Waals surface area contributed by atoms with Gasteiger partial charge in [0.05, 0.1) is 7.11 Å². The van der Waals surface area contributed by atoms with Gasteiger partial charge in [-0.3, -0.25) is 4.99 Å². The Labute approximate surface area is 77.1 Å². The molecule has 0 aromatic carbocycles. The highest BCUT2D eigenvalue weighted by Gasteiger charge is 2.16. The summed E-state index contributed by atoms with van der Waals surface area (Å²) in [5.41, 5.74) is 13.9. The minimum Gasteiger partial charge on any atom is -0.465 e. The molecule has 7 N–H and O–H groups in total. The van der Waals surface area contributed by atoms with Gasteiger partial charge in [0, 0.05) is 13.0 Å². The number of aliphatic imine (C=N–C) groups is 1. The zero-order valence-corrected chi connectivity index (χ0v) is 7.82. The van der Waals surface area contributed by atoms with Crippen molar-refractivity contribution in [3.8, 4) is 0 Å². The van der Waals surface area contributed by atoms with Crippen molar-refractivity contribution >= 4 is 11.9 Å². The van der Waals surface area contributed by atoms with E-state index in [1.165, 1.54) is 7.11 Å². The maximum Gasteiger partial charge on any atom is 0.364 e. The highest BCUT2D eigenvalue weighted by Crippen LogP contribution is 1.94. The Morgan fingerprint density at radius 3 is 2.69 bits per heavy atom. The molecule has 0 amide bonds. The highest BCUT2D eigenvalue weighted by molar-refractivity contribution is 5.75. The minimum atomic E-state index is -0.334. The molecule has 0 aromatic heterocycles. The van der Waals surface area contributed by atoms with Crippen molar-refractivity contribution in [1.82, 2.24) is 0 Å². The molecule has 0 bridgehead atoms. The maximum atomic E-state index is 10.9. The van der Waals surface area contributed by atoms with Crippen LogP contribution >= 0.6 is 0 Å². The Kier molecular flexibility index (Phi) is 5.62. The lowest BCUT2D eigenvalue weighted by Crippen LogP contribution is -2.65. The second-order valence-corrected chi connectivity index (χ2v) is 2.67. The third-order valence-corrected chi connectivity index (χ3v) is 1.54. The van der Waals surface area contributed by atoms with E-state index in [0.717, 1.165) is 6.42 Å². The van der Waals surface area contributed by atoms with E-state index in [1.807, 2.05) is 0 Å². The zero-order valence-electron chi connectivity index (χ0n) is 7.82. The predicted octanol–water partition coefficient (Wildman–Crippen LogP) is -2.18. The molecule has 0 saturated carbocycles. The zero-order chi connectivity index (χ0) is 10.3. The van der Waals surface area contributed by atoms with Crippen molar-refractivity contribution in [1.29, 1.82) is 0 Å². The van der Waals surface area contributed by atoms with Crippen LogP contribution in [-0.4, -0.2) is 31.6 Å². The topological polar surface area (TPSA) is 118 Å². The molecule has 1 atom stereocenters. The summed E-state index contributed by atoms with van der Waals surface area (Å²) < 4.78 is 4.50. The predicted molar refractivity (Wildman–Crippen MR) is 48.6 cm³/mol. The molecule has 0 aromatic rings. The third kappa shape index (κ3) is 5.92. The molecule has 0 aliphatic rings. The number of hydrogen-bond donors (Lipinski definition) is 3. The largest absolute Gasteiger partial charge is 0.465 e. The summed E-state index contributed by atoms with van der Waals surface area (Å²) in [6.45, 7) is 0.519. The smallest absolute Gasteiger partial charge is 0.364 e. The highest BCUT2D eigenvalue weighted by atomic mass is 16.5. The van der Waals surface area contributed by atoms with Gasteiger partial charge in [0.25, 0.3) is 0 Å². The molecular weight excluding hydrogens is 172 g/mol. The molecule has 76 valence electrons. The fraction of sp³-hybridized carbons (Fsp3) is 0.714. The van der Waals surface area contributed by atoms with Gasteiger partial charge in [0.2, 0.25) is 0 Å². The summed E-state index contributed by atoms with van der Waals surface area (Å²) in [4.78, 5) is 14.6. The van der Waals surface area contributed by atoms with Crippen molar-refractivity contribution in [2.24, 2.45) is 16.5 Å². The SMILES string of the molecule is COC(=O)[C@@H]([NH3+])CCCN=C(N)N. The number of methoxy groups -OCH3 is 1. The van der Waals surface area contributed by atoms with Crippen LogP contribution in [0.3, 0.4) is 0 Å². The van der Waals surface area contributed by atoms with Crippen LogP contribution in [0.25, 0.3) is 0 Å². The molecule has 0 saturated heterocycles. The number of nitrogens with two attached hydrogens (primary N) is 2. The fourth-order valence-electron chi connectivity index (χ4n) is 0.830. The van der Waals surface area contributed by atoms with E-state index < -0.39 is 0 Å². The lowest BCUT2D eigenvalue weighted by atomic mass is 10.2. The van der Waals surface area contributed by atoms with Crippen LogP contribution in [0.5, 0.6) is 0 Å². The third-order valence-electron chi connectivity index (χ3n) is 1.54. The van der Waals surface area contributed by atoms with Gasteiger partial charge in [0.15, 0.2) is 12.0 Å². The van der Waals surface area contributed by atoms with Crippen LogP contribution in [0, 0.1) is 0 Å². The number of hydrogen-bond acceptors (Lipinski definition) is 3. The average Bonchev–Trinajstić information content (AvgIpc) is 2.10. The van der Waals surface area contributed by atoms with Crippen molar-refractivity contribution in [2.75, 3.05) is 13.7 Å². The summed E-state index contributed by atoms with van der Waals surface area (Å²) in [5, 5.41) is 0. The Bertz CT molecular complexity index is 189. The minimum absolute atomic E-state index is 0.0682. The summed E-state index contributed by atoms with van der Waals surface area (Å²) in [6.07, 6.45) is 1.35. The van der Waals surface area contributed by atoms with Gasteiger partial charge in [-0.1, -0.05) is 0 Å². The van der Waals surface area contributed by atoms with Crippen molar-refractivity contribution in [3.05, 3.63) is 0 Å². The first-order chi connectivity index (χ1) is 6.07. The summed E-state index contributed by atoms with van der Waals surface area (Å²) in [5.74, 6) is -0.233. The number of carbonyl (C=O) groups is 1. The molecular formula is C7H17N4O2+. The van der Waals surface area contributed by atoms with Crippen LogP contribution in [-0.2, 0) is 9.53 Å². The van der Waals surface area contributed by atoms with Crippen LogP contribution in [0.4, 0.5) is 0 Å². The van der Waals surface area contributed by atoms with E-state index >= 15 is 0 Å². The number of rotatable bonds is 5. The van der Waals surface area contributed by atoms with Crippen LogP contribution in [0.15, 0.2) is 4.99 Å². The first kappa shape index (κ1) is 11.7. The standard InChI is InChI=1S/C7H16N4O2/c1-13-6(12)5(8)3-2-4-11-7(9)10/h5H,2-4,8H2,1H3,(H4,9,10,11)/p+1/t5-/m0/s1. The van der Waals surface area contributed by atoms with Gasteiger partial charge in [-0.15, -0.1) is 0 Å². The quantitative estimate of drug-likeness (QED) is 0.197. The van der Waals surface area contributed by atoms with Crippen LogP contribution in [0.2, 0.25) is 0 Å². The van der Waals surface area contributed by atoms with Gasteiger partial charge >= 0.3 is 5.97 Å². The summed E-state index contributed by atoms with van der Waals surface area (Å²) in [6, 6.07) is -0.334. The van der Waals surface area contributed by atoms with E-state index in [4.69, 9.17) is 11.5 Å². The van der Waals surface area contributed by atoms with Gasteiger partial charge in [0.1, 0.15) is 0 Å². The van der Waals surface area contributed by atoms with E-state index in [0.29, 0.717) is 13.0 Å². The molecule has 0 heterocycles. The first-order valence-electron chi connectivity index (χ1n) is 4.04. The maximum absolute atomic E-state index is 10.9. The van der Waals surface area contributed by atoms with Gasteiger partial charge in [-0.05, 0) is 6.42 Å². The Morgan fingerprint density at radius 1 is 1.62 bits per heavy atom. The normalized spacial score (nSPS) is 11.8. The van der Waals surface area contributed by atoms with Gasteiger partial charge in [-0.2, -0.15) is 0 Å². The van der Waals surface area contributed by atoms with E-state index in [-0.39, 0.29) is 18.0 Å². The van der Waals surface area contributed by atoms with Crippen LogP contribution in [0.1, 0.15) is 12.8 Å². The average molecular weight is 189 g/mol. The van der Waals surface area contributed by atoms with Crippen LogP contribution < -0.4 is 17.2 Å². The summed E-state index contributed by atoms with van der Waals surface area (Å²) >= 11 is 0. The molecule has 0 spiro atoms. The summed E-state index contributed by atoms with van der Waals surface area (Å²) in [7, 11) is 1.34. The number of esters is 1. The second kappa shape index (κ2) is 6.24. The number of nitrogens with zero attached hydrogens (tertiary/aromatic N) is 1. The Balaban J connectivity index is 3.53. The van der Waals surface area contributed by atoms with E-state index in [1.54, 1.807) is 0 Å². The van der Waals surface area contributed by atoms with Crippen molar-refractivity contribution in [2.45, 2.75) is 18.9 Å². The number of quaternary nitrogens is 1. The molecule has 0 fully saturated rings. The molecule has 0 rings (SSSR count). The molecule has 0 aliphatic carbocycles. The molecule has 13 heavy (non-hydrogen) atoms. The monoisotopic (exact) mass is 189 g/mol. The second-order valence-electron chi connectivity index (χ2n) is 2.67. The molecule has 0 unspecified atom stereocenters. The van der Waals surface area contributed by atoms with Gasteiger partial charge in [-0.25, -0.2) is 4.79 Å². The number of guanidine groups is 1. The Hall–Kier alpha value is -1.30. The van der Waals surface area contributed by atoms with Gasteiger partial charge < -0.3 is 21.9 Å². The van der Waals surface area contributed by atoms with Crippen molar-refractivity contribution in [3.63, 3.8) is 0 Å². The Morgan fingerprint density at radius 2 is 2.23 bits per heavy atom. The lowest BCUT2D eigenvalue weighted by Gasteiger charge is -2.04. The molecule has 6 heteroatoms. The molecule has 0 aliphatic heterocycles. The fourth-order valence-corrected chi connectivity index (χ4v) is 0.830. The number of carbonyl (C=O) groups excluding carboxylic acids is 1. The number of ether oxygens (including phenoxy) is 1.